The van der Waals surface area contributed by atoms with Crippen LogP contribution in [0.3, 0.4) is 0 Å². The smallest absolute Gasteiger partial charge is 0.253 e. The molecule has 32 heavy (non-hydrogen) atoms. The summed E-state index contributed by atoms with van der Waals surface area (Å²) in [6, 6.07) is 16.5. The van der Waals surface area contributed by atoms with Crippen molar-refractivity contribution in [3.05, 3.63) is 106 Å². The molecule has 0 aliphatic rings. The molecule has 0 fully saturated rings. The summed E-state index contributed by atoms with van der Waals surface area (Å²) in [5.41, 5.74) is 6.71. The van der Waals surface area contributed by atoms with E-state index < -0.39 is 0 Å². The van der Waals surface area contributed by atoms with Crippen molar-refractivity contribution in [1.82, 2.24) is 15.3 Å². The van der Waals surface area contributed by atoms with Gasteiger partial charge in [-0.05, 0) is 71.2 Å². The third kappa shape index (κ3) is 4.92. The molecule has 1 N–H and O–H groups in total. The second-order valence-electron chi connectivity index (χ2n) is 7.67. The summed E-state index contributed by atoms with van der Waals surface area (Å²) in [5.74, 6) is -0.604. The molecular formula is C26H21BrFN3O. The topological polar surface area (TPSA) is 54.9 Å². The summed E-state index contributed by atoms with van der Waals surface area (Å²) in [5, 5.41) is 2.93. The van der Waals surface area contributed by atoms with Gasteiger partial charge in [0, 0.05) is 36.3 Å². The van der Waals surface area contributed by atoms with E-state index in [4.69, 9.17) is 0 Å². The zero-order valence-electron chi connectivity index (χ0n) is 17.7. The Kier molecular flexibility index (Phi) is 6.42. The molecule has 4 rings (SSSR count). The molecule has 4 aromatic rings. The van der Waals surface area contributed by atoms with E-state index in [0.29, 0.717) is 15.7 Å². The predicted octanol–water partition coefficient (Wildman–Crippen LogP) is 6.26. The lowest BCUT2D eigenvalue weighted by Crippen LogP contribution is -2.24. The van der Waals surface area contributed by atoms with E-state index in [2.05, 4.69) is 49.4 Å². The number of nitrogens with one attached hydrogen (secondary N) is 1. The molecule has 0 atom stereocenters. The van der Waals surface area contributed by atoms with Gasteiger partial charge in [0.1, 0.15) is 5.82 Å². The Morgan fingerprint density at radius 1 is 0.969 bits per heavy atom. The summed E-state index contributed by atoms with van der Waals surface area (Å²) in [6.45, 7) is 4.35. The highest BCUT2D eigenvalue weighted by molar-refractivity contribution is 9.10. The lowest BCUT2D eigenvalue weighted by atomic mass is 9.98. The first-order valence-corrected chi connectivity index (χ1v) is 10.9. The number of pyridine rings is 2. The van der Waals surface area contributed by atoms with Gasteiger partial charge in [-0.15, -0.1) is 0 Å². The molecule has 2 aromatic carbocycles. The Morgan fingerprint density at radius 2 is 1.75 bits per heavy atom. The molecule has 0 bridgehead atoms. The van der Waals surface area contributed by atoms with E-state index in [1.165, 1.54) is 6.07 Å². The van der Waals surface area contributed by atoms with E-state index in [0.717, 1.165) is 33.4 Å². The van der Waals surface area contributed by atoms with Gasteiger partial charge >= 0.3 is 0 Å². The second kappa shape index (κ2) is 9.40. The van der Waals surface area contributed by atoms with Gasteiger partial charge in [0.25, 0.3) is 5.91 Å². The molecule has 2 heterocycles. The lowest BCUT2D eigenvalue weighted by molar-refractivity contribution is 0.0951. The summed E-state index contributed by atoms with van der Waals surface area (Å²) in [7, 11) is 0. The molecule has 0 spiro atoms. The van der Waals surface area contributed by atoms with Crippen LogP contribution in [0.15, 0.2) is 77.7 Å². The Balaban J connectivity index is 1.71. The number of halogens is 2. The number of hydrogen-bond donors (Lipinski definition) is 1. The van der Waals surface area contributed by atoms with Crippen molar-refractivity contribution in [2.24, 2.45) is 0 Å². The highest BCUT2D eigenvalue weighted by Crippen LogP contribution is 2.28. The SMILES string of the molecule is Cc1cc(C)cc(-c2cnc(-c3cccnc3)c(C(=O)NCc3ccc(F)c(Br)c3)c2)c1. The molecule has 0 saturated heterocycles. The largest absolute Gasteiger partial charge is 0.348 e. The number of nitrogens with zero attached hydrogens (tertiary/aromatic N) is 2. The van der Waals surface area contributed by atoms with Crippen LogP contribution in [-0.2, 0) is 6.54 Å². The van der Waals surface area contributed by atoms with Gasteiger partial charge in [0.05, 0.1) is 15.7 Å². The fraction of sp³-hybridized carbons (Fsp3) is 0.115. The Morgan fingerprint density at radius 3 is 2.44 bits per heavy atom. The average Bonchev–Trinajstić information content (AvgIpc) is 2.79. The average molecular weight is 490 g/mol. The minimum Gasteiger partial charge on any atom is -0.348 e. The lowest BCUT2D eigenvalue weighted by Gasteiger charge is -2.13. The van der Waals surface area contributed by atoms with Crippen LogP contribution in [0, 0.1) is 19.7 Å². The molecule has 0 aliphatic carbocycles. The molecule has 160 valence electrons. The maximum absolute atomic E-state index is 13.5. The van der Waals surface area contributed by atoms with Crippen LogP contribution in [0.1, 0.15) is 27.0 Å². The van der Waals surface area contributed by atoms with Crippen molar-refractivity contribution in [3.63, 3.8) is 0 Å². The Hall–Kier alpha value is -3.38. The van der Waals surface area contributed by atoms with Gasteiger partial charge in [-0.2, -0.15) is 0 Å². The van der Waals surface area contributed by atoms with Crippen LogP contribution in [0.5, 0.6) is 0 Å². The van der Waals surface area contributed by atoms with Crippen LogP contribution in [-0.4, -0.2) is 15.9 Å². The third-order valence-corrected chi connectivity index (χ3v) is 5.67. The van der Waals surface area contributed by atoms with E-state index in [1.807, 2.05) is 32.0 Å². The number of carbonyl (C=O) groups excluding carboxylic acids is 1. The molecule has 1 amide bonds. The van der Waals surface area contributed by atoms with Crippen molar-refractivity contribution >= 4 is 21.8 Å². The maximum Gasteiger partial charge on any atom is 0.253 e. The highest BCUT2D eigenvalue weighted by Gasteiger charge is 2.17. The first kappa shape index (κ1) is 21.8. The van der Waals surface area contributed by atoms with E-state index in [1.54, 1.807) is 30.7 Å². The first-order valence-electron chi connectivity index (χ1n) is 10.1. The molecule has 0 saturated carbocycles. The molecule has 2 aromatic heterocycles. The zero-order valence-corrected chi connectivity index (χ0v) is 19.3. The fourth-order valence-electron chi connectivity index (χ4n) is 3.60. The van der Waals surface area contributed by atoms with Gasteiger partial charge in [0.2, 0.25) is 0 Å². The highest BCUT2D eigenvalue weighted by atomic mass is 79.9. The summed E-state index contributed by atoms with van der Waals surface area (Å²) >= 11 is 3.18. The Labute approximate surface area is 194 Å². The Bertz CT molecular complexity index is 1270. The number of aromatic nitrogens is 2. The normalized spacial score (nSPS) is 10.8. The van der Waals surface area contributed by atoms with Crippen LogP contribution < -0.4 is 5.32 Å². The summed E-state index contributed by atoms with van der Waals surface area (Å²) in [4.78, 5) is 22.0. The molecule has 0 unspecified atom stereocenters. The summed E-state index contributed by atoms with van der Waals surface area (Å²) < 4.78 is 13.9. The van der Waals surface area contributed by atoms with Crippen molar-refractivity contribution in [3.8, 4) is 22.4 Å². The number of amides is 1. The molecule has 0 radical (unpaired) electrons. The van der Waals surface area contributed by atoms with Gasteiger partial charge < -0.3 is 5.32 Å². The van der Waals surface area contributed by atoms with Crippen molar-refractivity contribution < 1.29 is 9.18 Å². The molecule has 4 nitrogen and oxygen atoms in total. The van der Waals surface area contributed by atoms with Crippen molar-refractivity contribution in [1.29, 1.82) is 0 Å². The van der Waals surface area contributed by atoms with E-state index in [9.17, 15) is 9.18 Å². The standard InChI is InChI=1S/C26H21BrFN3O/c1-16-8-17(2)10-20(9-16)21-12-22(25(30-15-21)19-4-3-7-29-14-19)26(32)31-13-18-5-6-24(28)23(27)11-18/h3-12,14-15H,13H2,1-2H3,(H,31,32). The van der Waals surface area contributed by atoms with Gasteiger partial charge in [0.15, 0.2) is 0 Å². The molecule has 6 heteroatoms. The monoisotopic (exact) mass is 489 g/mol. The maximum atomic E-state index is 13.5. The van der Waals surface area contributed by atoms with Crippen LogP contribution in [0.25, 0.3) is 22.4 Å². The van der Waals surface area contributed by atoms with Crippen LogP contribution in [0.4, 0.5) is 4.39 Å². The van der Waals surface area contributed by atoms with Crippen molar-refractivity contribution in [2.75, 3.05) is 0 Å². The van der Waals surface area contributed by atoms with Crippen LogP contribution >= 0.6 is 15.9 Å². The van der Waals surface area contributed by atoms with E-state index in [-0.39, 0.29) is 18.3 Å². The van der Waals surface area contributed by atoms with E-state index >= 15 is 0 Å². The number of hydrogen-bond acceptors (Lipinski definition) is 3. The number of rotatable bonds is 5. The van der Waals surface area contributed by atoms with Gasteiger partial charge in [-0.25, -0.2) is 4.39 Å². The minimum absolute atomic E-state index is 0.261. The fourth-order valence-corrected chi connectivity index (χ4v) is 4.02. The third-order valence-electron chi connectivity index (χ3n) is 5.06. The summed E-state index contributed by atoms with van der Waals surface area (Å²) in [6.07, 6.45) is 5.15. The first-order chi connectivity index (χ1) is 15.4. The molecular weight excluding hydrogens is 469 g/mol. The van der Waals surface area contributed by atoms with Gasteiger partial charge in [-0.1, -0.05) is 35.4 Å². The number of aryl methyl sites for hydroxylation is 2. The zero-order chi connectivity index (χ0) is 22.7. The second-order valence-corrected chi connectivity index (χ2v) is 8.52. The molecule has 0 aliphatic heterocycles. The quantitative estimate of drug-likeness (QED) is 0.359. The number of benzene rings is 2. The predicted molar refractivity (Wildman–Crippen MR) is 128 cm³/mol. The van der Waals surface area contributed by atoms with Crippen molar-refractivity contribution in [2.45, 2.75) is 20.4 Å². The van der Waals surface area contributed by atoms with Crippen LogP contribution in [0.2, 0.25) is 0 Å². The van der Waals surface area contributed by atoms with Gasteiger partial charge in [-0.3, -0.25) is 14.8 Å². The minimum atomic E-state index is -0.343. The number of carbonyl (C=O) groups is 1.